The number of hydrogen-bond donors (Lipinski definition) is 7. The van der Waals surface area contributed by atoms with Crippen LogP contribution in [0.2, 0.25) is 0 Å². The van der Waals surface area contributed by atoms with Crippen LogP contribution >= 0.6 is 22.6 Å². The van der Waals surface area contributed by atoms with E-state index in [1.807, 2.05) is 22.6 Å². The van der Waals surface area contributed by atoms with Crippen LogP contribution in [0, 0.1) is 0 Å². The van der Waals surface area contributed by atoms with Gasteiger partial charge in [-0.25, -0.2) is 0 Å². The number of amides is 4. The van der Waals surface area contributed by atoms with Crippen LogP contribution in [-0.4, -0.2) is 140 Å². The van der Waals surface area contributed by atoms with Crippen molar-refractivity contribution in [3.8, 4) is 0 Å². The number of halogens is 1. The van der Waals surface area contributed by atoms with Crippen molar-refractivity contribution in [3.63, 3.8) is 0 Å². The molecule has 15 nitrogen and oxygen atoms in total. The smallest absolute Gasteiger partial charge is 0.242 e. The number of nitrogens with one attached hydrogen (secondary N) is 6. The summed E-state index contributed by atoms with van der Waals surface area (Å²) in [5.41, 5.74) is 0. The van der Waals surface area contributed by atoms with Crippen LogP contribution in [0.5, 0.6) is 0 Å². The Balaban J connectivity index is 1.63. The largest absolute Gasteiger partial charge is 0.377 e. The Labute approximate surface area is 318 Å². The molecule has 0 bridgehead atoms. The molecular weight excluding hydrogens is 773 g/mol. The molecule has 2 rings (SSSR count). The highest BCUT2D eigenvalue weighted by atomic mass is 127. The summed E-state index contributed by atoms with van der Waals surface area (Å²) in [6.45, 7) is 10.3. The highest BCUT2D eigenvalue weighted by Gasteiger charge is 2.29. The van der Waals surface area contributed by atoms with Crippen molar-refractivity contribution in [1.29, 1.82) is 0 Å². The summed E-state index contributed by atoms with van der Waals surface area (Å²) in [7, 11) is 0. The molecule has 0 radical (unpaired) electrons. The van der Waals surface area contributed by atoms with Crippen LogP contribution < -0.4 is 31.9 Å². The first-order chi connectivity index (χ1) is 24.6. The molecule has 0 aromatic carbocycles. The van der Waals surface area contributed by atoms with Crippen molar-refractivity contribution in [1.82, 2.24) is 36.8 Å². The minimum atomic E-state index is -0.671. The summed E-state index contributed by atoms with van der Waals surface area (Å²) in [6, 6.07) is 0.447. The van der Waals surface area contributed by atoms with Gasteiger partial charge in [-0.1, -0.05) is 41.9 Å². The Bertz CT molecular complexity index is 990. The maximum Gasteiger partial charge on any atom is 0.242 e. The van der Waals surface area contributed by atoms with Crippen molar-refractivity contribution >= 4 is 46.2 Å². The molecule has 0 aromatic rings. The zero-order valence-corrected chi connectivity index (χ0v) is 33.3. The van der Waals surface area contributed by atoms with Gasteiger partial charge < -0.3 is 40.6 Å². The lowest BCUT2D eigenvalue weighted by molar-refractivity contribution is -0.130. The van der Waals surface area contributed by atoms with Crippen molar-refractivity contribution < 1.29 is 38.5 Å². The van der Waals surface area contributed by atoms with Crippen molar-refractivity contribution in [2.45, 2.75) is 128 Å². The number of hydrogen-bond acceptors (Lipinski definition) is 11. The third-order valence-electron chi connectivity index (χ3n) is 9.39. The average molecular weight is 840 g/mol. The lowest BCUT2D eigenvalue weighted by atomic mass is 9.97. The number of nitrogens with zero attached hydrogens (tertiary/aromatic N) is 1. The van der Waals surface area contributed by atoms with Gasteiger partial charge in [-0.05, 0) is 65.7 Å². The SMILES string of the molecule is CC1NC(O)NC1CCCCCC(=O)NCCCCC(NC(=O)CN1C(C)CCCC1C)C(=O)NCCOCCOCCOCCNC(=O)CI. The second kappa shape index (κ2) is 27.9. The predicted octanol–water partition coefficient (Wildman–Crippen LogP) is 0.914. The van der Waals surface area contributed by atoms with E-state index in [-0.39, 0.29) is 42.3 Å². The molecule has 6 atom stereocenters. The number of aliphatic hydroxyl groups is 1. The van der Waals surface area contributed by atoms with E-state index in [1.165, 1.54) is 0 Å². The molecule has 2 aliphatic rings. The maximum absolute atomic E-state index is 13.2. The fraction of sp³-hybridized carbons (Fsp3) is 0.886. The van der Waals surface area contributed by atoms with Gasteiger partial charge >= 0.3 is 0 Å². The molecule has 2 fully saturated rings. The molecule has 0 saturated carbocycles. The molecule has 4 amide bonds. The van der Waals surface area contributed by atoms with Crippen LogP contribution in [0.25, 0.3) is 0 Å². The summed E-state index contributed by atoms with van der Waals surface area (Å²) in [5, 5.41) is 27.4. The fourth-order valence-electron chi connectivity index (χ4n) is 6.39. The molecule has 51 heavy (non-hydrogen) atoms. The predicted molar refractivity (Wildman–Crippen MR) is 204 cm³/mol. The fourth-order valence-corrected chi connectivity index (χ4v) is 6.66. The van der Waals surface area contributed by atoms with Crippen LogP contribution in [0.15, 0.2) is 0 Å². The molecule has 2 saturated heterocycles. The molecule has 0 aliphatic carbocycles. The number of carbonyl (C=O) groups excluding carboxylic acids is 4. The highest BCUT2D eigenvalue weighted by molar-refractivity contribution is 14.1. The van der Waals surface area contributed by atoms with Gasteiger partial charge in [0, 0.05) is 50.2 Å². The Morgan fingerprint density at radius 2 is 1.39 bits per heavy atom. The average Bonchev–Trinajstić information content (AvgIpc) is 3.43. The third-order valence-corrected chi connectivity index (χ3v) is 10.1. The zero-order chi connectivity index (χ0) is 37.3. The monoisotopic (exact) mass is 839 g/mol. The van der Waals surface area contributed by atoms with Gasteiger partial charge in [-0.15, -0.1) is 0 Å². The summed E-state index contributed by atoms with van der Waals surface area (Å²) in [6.07, 6.45) is 8.69. The van der Waals surface area contributed by atoms with Gasteiger partial charge in [0.05, 0.1) is 50.6 Å². The van der Waals surface area contributed by atoms with E-state index >= 15 is 0 Å². The van der Waals surface area contributed by atoms with E-state index in [2.05, 4.69) is 57.6 Å². The molecule has 2 aliphatic heterocycles. The highest BCUT2D eigenvalue weighted by Crippen LogP contribution is 2.22. The molecule has 16 heteroatoms. The first kappa shape index (κ1) is 45.5. The van der Waals surface area contributed by atoms with Crippen molar-refractivity contribution in [2.75, 3.05) is 70.2 Å². The zero-order valence-electron chi connectivity index (χ0n) is 31.2. The molecular formula is C35H66IN7O8. The number of ether oxygens (including phenoxy) is 3. The standard InChI is InChI=1S/C35H66IN7O8/c1-26-10-9-11-27(2)43(26)25-33(46)41-30(34(47)39-17-19-50-21-23-51-22-20-49-18-16-38-32(45)24-36)13-7-8-15-37-31(44)14-6-4-5-12-29-28(3)40-35(48)42-29/h26-30,35,40,42,48H,4-25H2,1-3H3,(H,37,44)(H,38,45)(H,39,47)(H,41,46). The second-order valence-corrected chi connectivity index (χ2v) is 14.4. The van der Waals surface area contributed by atoms with Gasteiger partial charge in [0.1, 0.15) is 6.04 Å². The van der Waals surface area contributed by atoms with Gasteiger partial charge in [0.25, 0.3) is 0 Å². The van der Waals surface area contributed by atoms with Gasteiger partial charge in [0.15, 0.2) is 6.35 Å². The maximum atomic E-state index is 13.2. The van der Waals surface area contributed by atoms with E-state index in [1.54, 1.807) is 0 Å². The number of aliphatic hydroxyl groups excluding tert-OH is 1. The Morgan fingerprint density at radius 3 is 2.02 bits per heavy atom. The van der Waals surface area contributed by atoms with Crippen molar-refractivity contribution in [2.24, 2.45) is 0 Å². The molecule has 296 valence electrons. The summed E-state index contributed by atoms with van der Waals surface area (Å²) in [4.78, 5) is 52.0. The number of likely N-dealkylation sites (tertiary alicyclic amines) is 1. The van der Waals surface area contributed by atoms with E-state index in [9.17, 15) is 24.3 Å². The van der Waals surface area contributed by atoms with E-state index < -0.39 is 12.4 Å². The number of carbonyl (C=O) groups is 4. The molecule has 0 aromatic heterocycles. The number of alkyl halides is 1. The van der Waals surface area contributed by atoms with Gasteiger partial charge in [-0.3, -0.25) is 34.7 Å². The molecule has 0 spiro atoms. The number of piperidine rings is 1. The normalized spacial score (nSPS) is 22.7. The number of rotatable bonds is 28. The van der Waals surface area contributed by atoms with Crippen LogP contribution in [0.4, 0.5) is 0 Å². The van der Waals surface area contributed by atoms with Crippen LogP contribution in [0.3, 0.4) is 0 Å². The minimum absolute atomic E-state index is 0.0129. The van der Waals surface area contributed by atoms with Gasteiger partial charge in [-0.2, -0.15) is 0 Å². The molecule has 2 heterocycles. The van der Waals surface area contributed by atoms with Gasteiger partial charge in [0.2, 0.25) is 23.6 Å². The summed E-state index contributed by atoms with van der Waals surface area (Å²) in [5.74, 6) is -0.385. The lowest BCUT2D eigenvalue weighted by Gasteiger charge is -2.38. The van der Waals surface area contributed by atoms with E-state index in [4.69, 9.17) is 14.2 Å². The minimum Gasteiger partial charge on any atom is -0.377 e. The van der Waals surface area contributed by atoms with Crippen LogP contribution in [0.1, 0.15) is 91.4 Å². The van der Waals surface area contributed by atoms with Crippen molar-refractivity contribution in [3.05, 3.63) is 0 Å². The lowest BCUT2D eigenvalue weighted by Crippen LogP contribution is -2.53. The first-order valence-electron chi connectivity index (χ1n) is 19.0. The second-order valence-electron chi connectivity index (χ2n) is 13.6. The summed E-state index contributed by atoms with van der Waals surface area (Å²) < 4.78 is 16.9. The quantitative estimate of drug-likeness (QED) is 0.0337. The van der Waals surface area contributed by atoms with E-state index in [0.717, 1.165) is 44.9 Å². The van der Waals surface area contributed by atoms with Crippen LogP contribution in [-0.2, 0) is 33.4 Å². The Kier molecular flexibility index (Phi) is 24.9. The van der Waals surface area contributed by atoms with E-state index in [0.29, 0.717) is 101 Å². The first-order valence-corrected chi connectivity index (χ1v) is 20.5. The number of unbranched alkanes of at least 4 members (excludes halogenated alkanes) is 3. The Morgan fingerprint density at radius 1 is 0.765 bits per heavy atom. The summed E-state index contributed by atoms with van der Waals surface area (Å²) >= 11 is 2.01. The Hall–Kier alpha value is -1.67. The topological polar surface area (TPSA) is 192 Å². The molecule has 7 N–H and O–H groups in total. The third kappa shape index (κ3) is 21.0. The molecule has 6 unspecified atom stereocenters.